The fraction of sp³-hybridized carbons (Fsp3) is 0.118. The molecule has 0 fully saturated rings. The summed E-state index contributed by atoms with van der Waals surface area (Å²) in [7, 11) is 1.04. The molecule has 0 saturated carbocycles. The van der Waals surface area contributed by atoms with Gasteiger partial charge in [-0.3, -0.25) is 0 Å². The third-order valence-corrected chi connectivity index (χ3v) is 3.26. The van der Waals surface area contributed by atoms with E-state index in [1.54, 1.807) is 30.3 Å². The van der Waals surface area contributed by atoms with Crippen molar-refractivity contribution in [2.45, 2.75) is 6.42 Å². The third-order valence-electron chi connectivity index (χ3n) is 3.26. The van der Waals surface area contributed by atoms with Crippen molar-refractivity contribution >= 4 is 12.0 Å². The molecule has 2 rings (SSSR count). The standard InChI is InChI=1S/C17H11F5O2/c1-24-17(23)10(7-9-5-3-2-4-6-9)8-11-12(18)14(20)16(22)15(21)13(11)19/h2-7H,8H2,1H3/b10-7+. The third kappa shape index (κ3) is 3.45. The first kappa shape index (κ1) is 17.7. The molecule has 7 heteroatoms. The molecule has 0 aromatic heterocycles. The summed E-state index contributed by atoms with van der Waals surface area (Å²) in [5, 5.41) is 0. The first-order valence-corrected chi connectivity index (χ1v) is 6.71. The minimum Gasteiger partial charge on any atom is -0.466 e. The van der Waals surface area contributed by atoms with Gasteiger partial charge in [0.2, 0.25) is 5.82 Å². The zero-order valence-corrected chi connectivity index (χ0v) is 12.4. The van der Waals surface area contributed by atoms with Gasteiger partial charge in [0.05, 0.1) is 7.11 Å². The topological polar surface area (TPSA) is 26.3 Å². The van der Waals surface area contributed by atoms with Crippen LogP contribution in [-0.4, -0.2) is 13.1 Å². The van der Waals surface area contributed by atoms with Gasteiger partial charge in [-0.25, -0.2) is 26.7 Å². The molecule has 126 valence electrons. The van der Waals surface area contributed by atoms with E-state index in [1.807, 2.05) is 0 Å². The zero-order chi connectivity index (χ0) is 17.9. The first-order valence-electron chi connectivity index (χ1n) is 6.71. The van der Waals surface area contributed by atoms with Crippen molar-refractivity contribution in [1.29, 1.82) is 0 Å². The van der Waals surface area contributed by atoms with Crippen molar-refractivity contribution in [2.75, 3.05) is 7.11 Å². The molecule has 0 radical (unpaired) electrons. The van der Waals surface area contributed by atoms with Crippen LogP contribution in [0.5, 0.6) is 0 Å². The summed E-state index contributed by atoms with van der Waals surface area (Å²) in [5.41, 5.74) is -0.854. The van der Waals surface area contributed by atoms with Crippen LogP contribution >= 0.6 is 0 Å². The highest BCUT2D eigenvalue weighted by atomic mass is 19.2. The van der Waals surface area contributed by atoms with Gasteiger partial charge in [-0.2, -0.15) is 0 Å². The highest BCUT2D eigenvalue weighted by Crippen LogP contribution is 2.26. The Bertz CT molecular complexity index is 771. The number of hydrogen-bond acceptors (Lipinski definition) is 2. The number of halogens is 5. The second-order valence-corrected chi connectivity index (χ2v) is 4.80. The molecule has 0 aliphatic heterocycles. The summed E-state index contributed by atoms with van der Waals surface area (Å²) >= 11 is 0. The van der Waals surface area contributed by atoms with Gasteiger partial charge in [0, 0.05) is 17.6 Å². The van der Waals surface area contributed by atoms with E-state index in [0.717, 1.165) is 7.11 Å². The molecule has 2 aromatic rings. The maximum absolute atomic E-state index is 13.8. The Labute approximate surface area is 134 Å². The molecule has 0 heterocycles. The average molecular weight is 342 g/mol. The molecular formula is C17H11F5O2. The Balaban J connectivity index is 2.53. The zero-order valence-electron chi connectivity index (χ0n) is 12.4. The van der Waals surface area contributed by atoms with Crippen LogP contribution in [0.3, 0.4) is 0 Å². The smallest absolute Gasteiger partial charge is 0.334 e. The van der Waals surface area contributed by atoms with Crippen molar-refractivity contribution in [3.63, 3.8) is 0 Å². The van der Waals surface area contributed by atoms with Crippen LogP contribution in [0.15, 0.2) is 35.9 Å². The number of ether oxygens (including phenoxy) is 1. The van der Waals surface area contributed by atoms with Crippen molar-refractivity contribution in [3.05, 3.63) is 76.1 Å². The van der Waals surface area contributed by atoms with Gasteiger partial charge < -0.3 is 4.74 Å². The number of hydrogen-bond donors (Lipinski definition) is 0. The predicted molar refractivity (Wildman–Crippen MR) is 76.4 cm³/mol. The number of carbonyl (C=O) groups excluding carboxylic acids is 1. The quantitative estimate of drug-likeness (QED) is 0.274. The maximum Gasteiger partial charge on any atom is 0.334 e. The predicted octanol–water partition coefficient (Wildman–Crippen LogP) is 4.18. The molecule has 0 atom stereocenters. The van der Waals surface area contributed by atoms with Gasteiger partial charge in [-0.05, 0) is 11.6 Å². The molecule has 0 aliphatic rings. The molecule has 0 amide bonds. The van der Waals surface area contributed by atoms with Crippen LogP contribution in [0.2, 0.25) is 0 Å². The van der Waals surface area contributed by atoms with E-state index in [0.29, 0.717) is 5.56 Å². The Morgan fingerprint density at radius 1 is 0.917 bits per heavy atom. The number of benzene rings is 2. The largest absolute Gasteiger partial charge is 0.466 e. The Kier molecular flexibility index (Phi) is 5.33. The molecule has 2 aromatic carbocycles. The molecule has 0 N–H and O–H groups in total. The average Bonchev–Trinajstić information content (AvgIpc) is 2.61. The van der Waals surface area contributed by atoms with E-state index < -0.39 is 47.0 Å². The van der Waals surface area contributed by atoms with Gasteiger partial charge in [-0.15, -0.1) is 0 Å². The monoisotopic (exact) mass is 342 g/mol. The second kappa shape index (κ2) is 7.25. The van der Waals surface area contributed by atoms with Crippen LogP contribution in [0.4, 0.5) is 22.0 Å². The highest BCUT2D eigenvalue weighted by molar-refractivity contribution is 5.94. The molecule has 2 nitrogen and oxygen atoms in total. The Morgan fingerprint density at radius 3 is 1.92 bits per heavy atom. The van der Waals surface area contributed by atoms with Crippen LogP contribution < -0.4 is 0 Å². The van der Waals surface area contributed by atoms with E-state index in [9.17, 15) is 26.7 Å². The fourth-order valence-electron chi connectivity index (χ4n) is 2.06. The van der Waals surface area contributed by atoms with Crippen molar-refractivity contribution in [2.24, 2.45) is 0 Å². The first-order chi connectivity index (χ1) is 11.4. The van der Waals surface area contributed by atoms with Gasteiger partial charge in [0.1, 0.15) is 0 Å². The van der Waals surface area contributed by atoms with Crippen LogP contribution in [-0.2, 0) is 16.0 Å². The molecule has 0 aliphatic carbocycles. The summed E-state index contributed by atoms with van der Waals surface area (Å²) in [6, 6.07) is 8.21. The van der Waals surface area contributed by atoms with Crippen molar-refractivity contribution < 1.29 is 31.5 Å². The summed E-state index contributed by atoms with van der Waals surface area (Å²) in [5.74, 6) is -11.3. The van der Waals surface area contributed by atoms with Gasteiger partial charge in [0.15, 0.2) is 23.3 Å². The van der Waals surface area contributed by atoms with Crippen LogP contribution in [0.1, 0.15) is 11.1 Å². The lowest BCUT2D eigenvalue weighted by molar-refractivity contribution is -0.136. The van der Waals surface area contributed by atoms with Crippen molar-refractivity contribution in [1.82, 2.24) is 0 Å². The number of rotatable bonds is 4. The minimum atomic E-state index is -2.25. The van der Waals surface area contributed by atoms with Gasteiger partial charge >= 0.3 is 5.97 Å². The normalized spacial score (nSPS) is 11.5. The summed E-state index contributed by atoms with van der Waals surface area (Å²) in [6.07, 6.45) is 0.442. The minimum absolute atomic E-state index is 0.257. The molecule has 24 heavy (non-hydrogen) atoms. The van der Waals surface area contributed by atoms with Crippen LogP contribution in [0, 0.1) is 29.1 Å². The lowest BCUT2D eigenvalue weighted by Crippen LogP contribution is -2.13. The van der Waals surface area contributed by atoms with Gasteiger partial charge in [-0.1, -0.05) is 30.3 Å². The molecular weight excluding hydrogens is 331 g/mol. The molecule has 0 unspecified atom stereocenters. The molecule has 0 spiro atoms. The fourth-order valence-corrected chi connectivity index (χ4v) is 2.06. The highest BCUT2D eigenvalue weighted by Gasteiger charge is 2.27. The molecule has 0 bridgehead atoms. The van der Waals surface area contributed by atoms with E-state index in [4.69, 9.17) is 0 Å². The van der Waals surface area contributed by atoms with E-state index in [-0.39, 0.29) is 5.57 Å². The van der Waals surface area contributed by atoms with E-state index >= 15 is 0 Å². The lowest BCUT2D eigenvalue weighted by Gasteiger charge is -2.10. The SMILES string of the molecule is COC(=O)/C(=C/c1ccccc1)Cc1c(F)c(F)c(F)c(F)c1F. The van der Waals surface area contributed by atoms with Gasteiger partial charge in [0.25, 0.3) is 0 Å². The molecule has 0 saturated heterocycles. The second-order valence-electron chi connectivity index (χ2n) is 4.80. The number of carbonyl (C=O) groups is 1. The maximum atomic E-state index is 13.8. The Hall–Kier alpha value is -2.70. The van der Waals surface area contributed by atoms with Crippen molar-refractivity contribution in [3.8, 4) is 0 Å². The van der Waals surface area contributed by atoms with E-state index in [2.05, 4.69) is 4.74 Å². The summed E-state index contributed by atoms with van der Waals surface area (Å²) < 4.78 is 71.6. The number of methoxy groups -OCH3 is 1. The van der Waals surface area contributed by atoms with E-state index in [1.165, 1.54) is 6.08 Å². The Morgan fingerprint density at radius 2 is 1.42 bits per heavy atom. The van der Waals surface area contributed by atoms with Crippen LogP contribution in [0.25, 0.3) is 6.08 Å². The lowest BCUT2D eigenvalue weighted by atomic mass is 10.0. The summed E-state index contributed by atoms with van der Waals surface area (Å²) in [6.45, 7) is 0. The number of esters is 1. The summed E-state index contributed by atoms with van der Waals surface area (Å²) in [4.78, 5) is 11.8.